The molecular weight excluding hydrogens is 292 g/mol. The summed E-state index contributed by atoms with van der Waals surface area (Å²) >= 11 is 0. The predicted octanol–water partition coefficient (Wildman–Crippen LogP) is 2.42. The highest BCUT2D eigenvalue weighted by Crippen LogP contribution is 2.27. The first-order chi connectivity index (χ1) is 11.2. The summed E-state index contributed by atoms with van der Waals surface area (Å²) in [6.45, 7) is 3.32. The van der Waals surface area contributed by atoms with E-state index in [1.54, 1.807) is 0 Å². The van der Waals surface area contributed by atoms with Gasteiger partial charge in [0.25, 0.3) is 0 Å². The van der Waals surface area contributed by atoms with E-state index in [9.17, 15) is 4.79 Å². The lowest BCUT2D eigenvalue weighted by Gasteiger charge is -2.38. The van der Waals surface area contributed by atoms with Crippen LogP contribution in [0.15, 0.2) is 34.9 Å². The third-order valence-electron chi connectivity index (χ3n) is 4.30. The first kappa shape index (κ1) is 14.0. The fourth-order valence-electron chi connectivity index (χ4n) is 2.95. The number of aryl methyl sites for hydroxylation is 2. The number of hydrogen-bond donors (Lipinski definition) is 1. The lowest BCUT2D eigenvalue weighted by atomic mass is 9.98. The van der Waals surface area contributed by atoms with Crippen LogP contribution in [0.2, 0.25) is 0 Å². The Kier molecular flexibility index (Phi) is 3.37. The molecule has 118 valence electrons. The van der Waals surface area contributed by atoms with Gasteiger partial charge in [0.2, 0.25) is 5.91 Å². The Morgan fingerprint density at radius 3 is 2.96 bits per heavy atom. The molecule has 2 aromatic heterocycles. The van der Waals surface area contributed by atoms with Gasteiger partial charge in [-0.05, 0) is 19.1 Å². The van der Waals surface area contributed by atoms with Crippen LogP contribution in [0.1, 0.15) is 29.6 Å². The van der Waals surface area contributed by atoms with Gasteiger partial charge < -0.3 is 14.4 Å². The Balaban J connectivity index is 1.32. The van der Waals surface area contributed by atoms with Gasteiger partial charge in [-0.15, -0.1) is 0 Å². The zero-order valence-electron chi connectivity index (χ0n) is 13.0. The molecule has 0 aliphatic carbocycles. The molecular formula is C17H18N4O2. The highest BCUT2D eigenvalue weighted by molar-refractivity contribution is 5.78. The van der Waals surface area contributed by atoms with Crippen LogP contribution in [-0.4, -0.2) is 39.0 Å². The van der Waals surface area contributed by atoms with Crippen molar-refractivity contribution >= 4 is 16.9 Å². The number of rotatable bonds is 4. The molecule has 1 aromatic carbocycles. The van der Waals surface area contributed by atoms with E-state index in [4.69, 9.17) is 4.52 Å². The van der Waals surface area contributed by atoms with E-state index in [1.807, 2.05) is 42.2 Å². The average molecular weight is 310 g/mol. The van der Waals surface area contributed by atoms with Crippen molar-refractivity contribution in [2.45, 2.75) is 25.7 Å². The van der Waals surface area contributed by atoms with Crippen molar-refractivity contribution in [3.63, 3.8) is 0 Å². The molecule has 1 aliphatic rings. The monoisotopic (exact) mass is 310 g/mol. The molecule has 0 atom stereocenters. The van der Waals surface area contributed by atoms with Crippen molar-refractivity contribution < 1.29 is 9.32 Å². The smallest absolute Gasteiger partial charge is 0.223 e. The molecule has 0 saturated carbocycles. The van der Waals surface area contributed by atoms with Gasteiger partial charge in [-0.25, -0.2) is 4.98 Å². The molecule has 1 amide bonds. The normalized spacial score (nSPS) is 15.1. The van der Waals surface area contributed by atoms with Crippen molar-refractivity contribution in [3.8, 4) is 0 Å². The molecule has 4 rings (SSSR count). The van der Waals surface area contributed by atoms with Gasteiger partial charge >= 0.3 is 0 Å². The van der Waals surface area contributed by atoms with Crippen LogP contribution in [0.3, 0.4) is 0 Å². The van der Waals surface area contributed by atoms with E-state index in [2.05, 4.69) is 15.1 Å². The second-order valence-electron chi connectivity index (χ2n) is 6.06. The van der Waals surface area contributed by atoms with Crippen LogP contribution < -0.4 is 0 Å². The van der Waals surface area contributed by atoms with Crippen molar-refractivity contribution in [2.75, 3.05) is 13.1 Å². The average Bonchev–Trinajstić information content (AvgIpc) is 3.09. The Hall–Kier alpha value is -2.63. The van der Waals surface area contributed by atoms with Crippen molar-refractivity contribution in [2.24, 2.45) is 0 Å². The number of amides is 1. The first-order valence-electron chi connectivity index (χ1n) is 7.83. The summed E-state index contributed by atoms with van der Waals surface area (Å²) in [5, 5.41) is 3.92. The number of H-pyrrole nitrogens is 1. The van der Waals surface area contributed by atoms with E-state index in [0.717, 1.165) is 41.4 Å². The summed E-state index contributed by atoms with van der Waals surface area (Å²) in [6.07, 6.45) is 1.10. The van der Waals surface area contributed by atoms with Crippen molar-refractivity contribution in [1.29, 1.82) is 0 Å². The van der Waals surface area contributed by atoms with E-state index in [0.29, 0.717) is 18.8 Å². The summed E-state index contributed by atoms with van der Waals surface area (Å²) in [4.78, 5) is 22.0. The van der Waals surface area contributed by atoms with Gasteiger partial charge in [0, 0.05) is 32.0 Å². The van der Waals surface area contributed by atoms with Crippen molar-refractivity contribution in [3.05, 3.63) is 47.6 Å². The molecule has 0 unspecified atom stereocenters. The Morgan fingerprint density at radius 2 is 2.22 bits per heavy atom. The Morgan fingerprint density at radius 1 is 1.39 bits per heavy atom. The van der Waals surface area contributed by atoms with Crippen LogP contribution >= 0.6 is 0 Å². The fourth-order valence-corrected chi connectivity index (χ4v) is 2.95. The van der Waals surface area contributed by atoms with Gasteiger partial charge in [-0.3, -0.25) is 4.79 Å². The number of nitrogens with zero attached hydrogens (tertiary/aromatic N) is 3. The molecule has 1 saturated heterocycles. The van der Waals surface area contributed by atoms with Crippen LogP contribution in [-0.2, 0) is 11.2 Å². The van der Waals surface area contributed by atoms with E-state index in [-0.39, 0.29) is 5.91 Å². The van der Waals surface area contributed by atoms with Crippen LogP contribution in [0.4, 0.5) is 0 Å². The highest BCUT2D eigenvalue weighted by atomic mass is 16.5. The van der Waals surface area contributed by atoms with Gasteiger partial charge in [0.05, 0.1) is 22.6 Å². The number of imidazole rings is 1. The summed E-state index contributed by atoms with van der Waals surface area (Å²) in [5.41, 5.74) is 2.87. The topological polar surface area (TPSA) is 75.0 Å². The number of likely N-dealkylation sites (tertiary alicyclic amines) is 1. The maximum Gasteiger partial charge on any atom is 0.223 e. The zero-order valence-corrected chi connectivity index (χ0v) is 13.0. The molecule has 1 fully saturated rings. The number of para-hydroxylation sites is 2. The maximum absolute atomic E-state index is 12.2. The largest absolute Gasteiger partial charge is 0.361 e. The molecule has 6 nitrogen and oxygen atoms in total. The fraction of sp³-hybridized carbons (Fsp3) is 0.353. The minimum atomic E-state index is 0.165. The van der Waals surface area contributed by atoms with Gasteiger partial charge in [0.1, 0.15) is 11.6 Å². The number of benzene rings is 1. The van der Waals surface area contributed by atoms with E-state index < -0.39 is 0 Å². The lowest BCUT2D eigenvalue weighted by Crippen LogP contribution is -2.48. The number of aromatic amines is 1. The number of nitrogens with one attached hydrogen (secondary N) is 1. The van der Waals surface area contributed by atoms with Crippen molar-refractivity contribution in [1.82, 2.24) is 20.0 Å². The van der Waals surface area contributed by atoms with E-state index >= 15 is 0 Å². The second kappa shape index (κ2) is 5.53. The Bertz CT molecular complexity index is 812. The number of fused-ring (bicyclic) bond motifs is 1. The maximum atomic E-state index is 12.2. The molecule has 0 spiro atoms. The molecule has 1 N–H and O–H groups in total. The highest BCUT2D eigenvalue weighted by Gasteiger charge is 2.33. The SMILES string of the molecule is Cc1cc(CCC(=O)N2CC(c3nc4ccccc4[nH]3)C2)no1. The van der Waals surface area contributed by atoms with E-state index in [1.165, 1.54) is 0 Å². The quantitative estimate of drug-likeness (QED) is 0.803. The number of aromatic nitrogens is 3. The molecule has 3 heterocycles. The molecule has 6 heteroatoms. The zero-order chi connectivity index (χ0) is 15.8. The molecule has 0 radical (unpaired) electrons. The van der Waals surface area contributed by atoms with Crippen LogP contribution in [0, 0.1) is 6.92 Å². The van der Waals surface area contributed by atoms with Gasteiger partial charge in [-0.2, -0.15) is 0 Å². The summed E-state index contributed by atoms with van der Waals surface area (Å²) in [7, 11) is 0. The Labute approximate surface area is 133 Å². The predicted molar refractivity (Wildman–Crippen MR) is 85.0 cm³/mol. The summed E-state index contributed by atoms with van der Waals surface area (Å²) in [5.74, 6) is 2.22. The van der Waals surface area contributed by atoms with Crippen LogP contribution in [0.25, 0.3) is 11.0 Å². The minimum absolute atomic E-state index is 0.165. The number of carbonyl (C=O) groups excluding carboxylic acids is 1. The standard InChI is InChI=1S/C17H18N4O2/c1-11-8-13(20-23-11)6-7-16(22)21-9-12(10-21)17-18-14-4-2-3-5-15(14)19-17/h2-5,8,12H,6-7,9-10H2,1H3,(H,18,19). The van der Waals surface area contributed by atoms with Gasteiger partial charge in [-0.1, -0.05) is 17.3 Å². The third kappa shape index (κ3) is 2.72. The van der Waals surface area contributed by atoms with Gasteiger partial charge in [0.15, 0.2) is 0 Å². The van der Waals surface area contributed by atoms with Crippen LogP contribution in [0.5, 0.6) is 0 Å². The number of hydrogen-bond acceptors (Lipinski definition) is 4. The molecule has 0 bridgehead atoms. The lowest BCUT2D eigenvalue weighted by molar-refractivity contribution is -0.135. The first-order valence-corrected chi connectivity index (χ1v) is 7.83. The second-order valence-corrected chi connectivity index (χ2v) is 6.06. The molecule has 23 heavy (non-hydrogen) atoms. The molecule has 1 aliphatic heterocycles. The summed E-state index contributed by atoms with van der Waals surface area (Å²) in [6, 6.07) is 9.87. The minimum Gasteiger partial charge on any atom is -0.361 e. The molecule has 3 aromatic rings. The third-order valence-corrected chi connectivity index (χ3v) is 4.30. The summed E-state index contributed by atoms with van der Waals surface area (Å²) < 4.78 is 5.01. The number of carbonyl (C=O) groups is 1.